The Morgan fingerprint density at radius 3 is 2.43 bits per heavy atom. The lowest BCUT2D eigenvalue weighted by Crippen LogP contribution is -2.36. The van der Waals surface area contributed by atoms with Crippen LogP contribution in [0.1, 0.15) is 24.9 Å². The van der Waals surface area contributed by atoms with Crippen LogP contribution < -0.4 is 11.1 Å². The van der Waals surface area contributed by atoms with Gasteiger partial charge in [0.1, 0.15) is 0 Å². The first-order chi connectivity index (χ1) is 10.0. The first-order valence-electron chi connectivity index (χ1n) is 6.73. The molecule has 0 aliphatic carbocycles. The van der Waals surface area contributed by atoms with Crippen molar-refractivity contribution in [1.29, 1.82) is 0 Å². The summed E-state index contributed by atoms with van der Waals surface area (Å²) in [6.07, 6.45) is 2.09. The van der Waals surface area contributed by atoms with Crippen molar-refractivity contribution in [2.24, 2.45) is 11.7 Å². The number of esters is 1. The van der Waals surface area contributed by atoms with Gasteiger partial charge in [-0.2, -0.15) is 0 Å². The molecule has 21 heavy (non-hydrogen) atoms. The molecule has 116 valence electrons. The minimum Gasteiger partial charge on any atom is -0.469 e. The first-order valence-corrected chi connectivity index (χ1v) is 7.95. The Kier molecular flexibility index (Phi) is 7.25. The second-order valence-corrected chi connectivity index (χ2v) is 5.63. The van der Waals surface area contributed by atoms with Gasteiger partial charge < -0.3 is 15.8 Å². The fraction of sp³-hybridized carbons (Fsp3) is 0.467. The van der Waals surface area contributed by atoms with Crippen LogP contribution in [0.5, 0.6) is 0 Å². The van der Waals surface area contributed by atoms with E-state index in [-0.39, 0.29) is 30.8 Å². The van der Waals surface area contributed by atoms with Gasteiger partial charge in [-0.25, -0.2) is 0 Å². The molecule has 1 amide bonds. The number of benzene rings is 1. The average molecular weight is 310 g/mol. The molecular formula is C15H22N2O3S. The fourth-order valence-corrected chi connectivity index (χ4v) is 2.17. The van der Waals surface area contributed by atoms with Crippen LogP contribution >= 0.6 is 11.8 Å². The third kappa shape index (κ3) is 5.40. The van der Waals surface area contributed by atoms with Gasteiger partial charge in [-0.3, -0.25) is 9.59 Å². The Morgan fingerprint density at radius 2 is 1.95 bits per heavy atom. The van der Waals surface area contributed by atoms with E-state index in [1.807, 2.05) is 30.5 Å². The molecule has 0 heterocycles. The molecule has 0 saturated heterocycles. The third-order valence-corrected chi connectivity index (χ3v) is 3.98. The number of thioether (sulfide) groups is 1. The van der Waals surface area contributed by atoms with E-state index in [0.29, 0.717) is 0 Å². The number of hydrogen-bond donors (Lipinski definition) is 2. The lowest BCUT2D eigenvalue weighted by Gasteiger charge is -2.20. The van der Waals surface area contributed by atoms with Gasteiger partial charge in [0.05, 0.1) is 19.6 Å². The van der Waals surface area contributed by atoms with E-state index in [0.717, 1.165) is 10.5 Å². The van der Waals surface area contributed by atoms with E-state index >= 15 is 0 Å². The van der Waals surface area contributed by atoms with Crippen LogP contribution in [0, 0.1) is 5.92 Å². The summed E-state index contributed by atoms with van der Waals surface area (Å²) < 4.78 is 4.70. The number of carbonyl (C=O) groups is 2. The average Bonchev–Trinajstić information content (AvgIpc) is 2.53. The van der Waals surface area contributed by atoms with Crippen molar-refractivity contribution in [3.8, 4) is 0 Å². The summed E-state index contributed by atoms with van der Waals surface area (Å²) in [5.74, 6) is -0.828. The summed E-state index contributed by atoms with van der Waals surface area (Å²) in [4.78, 5) is 24.7. The zero-order valence-corrected chi connectivity index (χ0v) is 13.4. The van der Waals surface area contributed by atoms with Gasteiger partial charge >= 0.3 is 5.97 Å². The fourth-order valence-electron chi connectivity index (χ4n) is 1.76. The van der Waals surface area contributed by atoms with Crippen molar-refractivity contribution in [3.63, 3.8) is 0 Å². The van der Waals surface area contributed by atoms with Crippen LogP contribution in [0.2, 0.25) is 0 Å². The van der Waals surface area contributed by atoms with E-state index in [9.17, 15) is 9.59 Å². The number of rotatable bonds is 7. The Balaban J connectivity index is 2.89. The van der Waals surface area contributed by atoms with E-state index in [1.54, 1.807) is 18.7 Å². The minimum atomic E-state index is -0.408. The Bertz CT molecular complexity index is 476. The summed E-state index contributed by atoms with van der Waals surface area (Å²) in [7, 11) is 1.33. The summed E-state index contributed by atoms with van der Waals surface area (Å²) in [6, 6.07) is 7.33. The third-order valence-electron chi connectivity index (χ3n) is 3.23. The highest BCUT2D eigenvalue weighted by molar-refractivity contribution is 7.98. The highest BCUT2D eigenvalue weighted by Crippen LogP contribution is 2.22. The van der Waals surface area contributed by atoms with Crippen LogP contribution in [0.4, 0.5) is 0 Å². The quantitative estimate of drug-likeness (QED) is 0.592. The molecule has 5 nitrogen and oxygen atoms in total. The highest BCUT2D eigenvalue weighted by atomic mass is 32.2. The molecule has 0 aromatic heterocycles. The number of nitrogens with two attached hydrogens (primary N) is 1. The van der Waals surface area contributed by atoms with Gasteiger partial charge in [0, 0.05) is 17.4 Å². The lowest BCUT2D eigenvalue weighted by molar-refractivity contribution is -0.141. The van der Waals surface area contributed by atoms with E-state index in [4.69, 9.17) is 10.5 Å². The summed E-state index contributed by atoms with van der Waals surface area (Å²) >= 11 is 1.63. The van der Waals surface area contributed by atoms with Crippen LogP contribution in [0.3, 0.4) is 0 Å². The van der Waals surface area contributed by atoms with Crippen molar-refractivity contribution < 1.29 is 14.3 Å². The molecule has 0 saturated carbocycles. The van der Waals surface area contributed by atoms with Crippen LogP contribution in [-0.4, -0.2) is 31.8 Å². The standard InChI is InChI=1S/C15H22N2O3S/c1-10(9-16)15(19)17-13(8-14(18)20-2)11-4-6-12(21-3)7-5-11/h4-7,10,13H,8-9,16H2,1-3H3,(H,17,19). The number of carbonyl (C=O) groups excluding carboxylic acids is 2. The van der Waals surface area contributed by atoms with Gasteiger partial charge in [-0.05, 0) is 24.0 Å². The zero-order chi connectivity index (χ0) is 15.8. The predicted octanol–water partition coefficient (Wildman–Crippen LogP) is 1.72. The summed E-state index contributed by atoms with van der Waals surface area (Å²) in [6.45, 7) is 2.02. The molecule has 0 spiro atoms. The van der Waals surface area contributed by atoms with Gasteiger partial charge in [-0.1, -0.05) is 19.1 Å². The maximum Gasteiger partial charge on any atom is 0.307 e. The SMILES string of the molecule is COC(=O)CC(NC(=O)C(C)CN)c1ccc(SC)cc1. The second kappa shape index (κ2) is 8.69. The number of amides is 1. The molecule has 1 aromatic rings. The smallest absolute Gasteiger partial charge is 0.307 e. The highest BCUT2D eigenvalue weighted by Gasteiger charge is 2.21. The molecule has 0 bridgehead atoms. The number of hydrogen-bond acceptors (Lipinski definition) is 5. The van der Waals surface area contributed by atoms with Crippen molar-refractivity contribution in [1.82, 2.24) is 5.32 Å². The van der Waals surface area contributed by atoms with Gasteiger partial charge in [0.25, 0.3) is 0 Å². The van der Waals surface area contributed by atoms with Gasteiger partial charge in [0.15, 0.2) is 0 Å². The largest absolute Gasteiger partial charge is 0.469 e. The number of ether oxygens (including phenoxy) is 1. The molecule has 2 atom stereocenters. The van der Waals surface area contributed by atoms with Crippen molar-refractivity contribution >= 4 is 23.6 Å². The molecule has 0 radical (unpaired) electrons. The monoisotopic (exact) mass is 310 g/mol. The van der Waals surface area contributed by atoms with Crippen molar-refractivity contribution in [3.05, 3.63) is 29.8 Å². The molecule has 1 rings (SSSR count). The van der Waals surface area contributed by atoms with Crippen molar-refractivity contribution in [2.45, 2.75) is 24.3 Å². The van der Waals surface area contributed by atoms with Crippen LogP contribution in [0.15, 0.2) is 29.2 Å². The predicted molar refractivity (Wildman–Crippen MR) is 84.0 cm³/mol. The number of nitrogens with one attached hydrogen (secondary N) is 1. The normalized spacial score (nSPS) is 13.3. The maximum absolute atomic E-state index is 12.0. The Morgan fingerprint density at radius 1 is 1.33 bits per heavy atom. The maximum atomic E-state index is 12.0. The minimum absolute atomic E-state index is 0.0954. The number of methoxy groups -OCH3 is 1. The molecule has 0 aliphatic rings. The molecule has 0 fully saturated rings. The second-order valence-electron chi connectivity index (χ2n) is 4.75. The summed E-state index contributed by atoms with van der Waals surface area (Å²) in [5, 5.41) is 2.86. The topological polar surface area (TPSA) is 81.4 Å². The first kappa shape index (κ1) is 17.5. The van der Waals surface area contributed by atoms with Crippen LogP contribution in [0.25, 0.3) is 0 Å². The van der Waals surface area contributed by atoms with Gasteiger partial charge in [-0.15, -0.1) is 11.8 Å². The molecule has 3 N–H and O–H groups in total. The molecule has 0 aliphatic heterocycles. The Labute approximate surface area is 129 Å². The van der Waals surface area contributed by atoms with Crippen LogP contribution in [-0.2, 0) is 14.3 Å². The Hall–Kier alpha value is -1.53. The lowest BCUT2D eigenvalue weighted by atomic mass is 10.0. The molecule has 1 aromatic carbocycles. The van der Waals surface area contributed by atoms with E-state index in [1.165, 1.54) is 7.11 Å². The molecule has 6 heteroatoms. The zero-order valence-electron chi connectivity index (χ0n) is 12.6. The molecular weight excluding hydrogens is 288 g/mol. The summed E-state index contributed by atoms with van der Waals surface area (Å²) in [5.41, 5.74) is 6.37. The van der Waals surface area contributed by atoms with E-state index in [2.05, 4.69) is 5.32 Å². The van der Waals surface area contributed by atoms with Crippen molar-refractivity contribution in [2.75, 3.05) is 19.9 Å². The van der Waals surface area contributed by atoms with E-state index < -0.39 is 6.04 Å². The molecule has 2 unspecified atom stereocenters. The van der Waals surface area contributed by atoms with Gasteiger partial charge in [0.2, 0.25) is 5.91 Å².